The first-order valence-electron chi connectivity index (χ1n) is 9.78. The number of hydrogen-bond donors (Lipinski definition) is 2. The minimum absolute atomic E-state index is 0.296. The van der Waals surface area contributed by atoms with Gasteiger partial charge in [0.15, 0.2) is 5.96 Å². The summed E-state index contributed by atoms with van der Waals surface area (Å²) in [7, 11) is 0. The monoisotopic (exact) mass is 384 g/mol. The SMILES string of the molecule is CCNC(=NCc1ccc(Oc2ccc(F)cc2)nc1)NC1CC2CCC1O2. The lowest BCUT2D eigenvalue weighted by molar-refractivity contribution is 0.0992. The number of rotatable bonds is 6. The second kappa shape index (κ2) is 8.56. The Labute approximate surface area is 164 Å². The first kappa shape index (κ1) is 18.7. The van der Waals surface area contributed by atoms with Crippen molar-refractivity contribution in [2.75, 3.05) is 6.54 Å². The number of hydrogen-bond acceptors (Lipinski definition) is 4. The third-order valence-electron chi connectivity index (χ3n) is 5.03. The summed E-state index contributed by atoms with van der Waals surface area (Å²) in [5.74, 6) is 1.51. The Hall–Kier alpha value is -2.67. The number of fused-ring (bicyclic) bond motifs is 2. The van der Waals surface area contributed by atoms with Gasteiger partial charge in [0.1, 0.15) is 11.6 Å². The maximum absolute atomic E-state index is 13.0. The van der Waals surface area contributed by atoms with Gasteiger partial charge in [-0.3, -0.25) is 0 Å². The number of aromatic nitrogens is 1. The summed E-state index contributed by atoms with van der Waals surface area (Å²) in [5, 5.41) is 6.80. The van der Waals surface area contributed by atoms with Crippen molar-refractivity contribution in [2.24, 2.45) is 4.99 Å². The Morgan fingerprint density at radius 3 is 2.75 bits per heavy atom. The van der Waals surface area contributed by atoms with Crippen LogP contribution in [0.25, 0.3) is 0 Å². The van der Waals surface area contributed by atoms with E-state index < -0.39 is 0 Å². The Morgan fingerprint density at radius 1 is 1.25 bits per heavy atom. The topological polar surface area (TPSA) is 67.8 Å². The average Bonchev–Trinajstić information content (AvgIpc) is 3.32. The molecule has 2 saturated heterocycles. The van der Waals surface area contributed by atoms with Crippen molar-refractivity contribution in [3.63, 3.8) is 0 Å². The summed E-state index contributed by atoms with van der Waals surface area (Å²) in [4.78, 5) is 8.98. The van der Waals surface area contributed by atoms with Crippen LogP contribution in [-0.4, -0.2) is 35.7 Å². The molecular formula is C21H25FN4O2. The minimum Gasteiger partial charge on any atom is -0.439 e. The molecule has 28 heavy (non-hydrogen) atoms. The second-order valence-electron chi connectivity index (χ2n) is 7.12. The molecule has 2 fully saturated rings. The molecule has 2 bridgehead atoms. The van der Waals surface area contributed by atoms with E-state index in [0.717, 1.165) is 30.9 Å². The predicted octanol–water partition coefficient (Wildman–Crippen LogP) is 3.39. The summed E-state index contributed by atoms with van der Waals surface area (Å²) < 4.78 is 24.5. The van der Waals surface area contributed by atoms with E-state index in [9.17, 15) is 4.39 Å². The van der Waals surface area contributed by atoms with Crippen LogP contribution >= 0.6 is 0 Å². The molecular weight excluding hydrogens is 359 g/mol. The van der Waals surface area contributed by atoms with Crippen molar-refractivity contribution in [1.29, 1.82) is 0 Å². The fraction of sp³-hybridized carbons (Fsp3) is 0.429. The van der Waals surface area contributed by atoms with Gasteiger partial charge in [-0.05, 0) is 56.0 Å². The second-order valence-corrected chi connectivity index (χ2v) is 7.12. The molecule has 7 heteroatoms. The highest BCUT2D eigenvalue weighted by atomic mass is 19.1. The van der Waals surface area contributed by atoms with Crippen molar-refractivity contribution in [2.45, 2.75) is 51.0 Å². The lowest BCUT2D eigenvalue weighted by Gasteiger charge is -2.22. The van der Waals surface area contributed by atoms with Gasteiger partial charge in [0.2, 0.25) is 5.88 Å². The number of nitrogens with one attached hydrogen (secondary N) is 2. The smallest absolute Gasteiger partial charge is 0.219 e. The molecule has 1 aromatic carbocycles. The van der Waals surface area contributed by atoms with E-state index in [1.54, 1.807) is 24.4 Å². The van der Waals surface area contributed by atoms with E-state index in [4.69, 9.17) is 9.47 Å². The molecule has 3 unspecified atom stereocenters. The number of nitrogens with zero attached hydrogens (tertiary/aromatic N) is 2. The summed E-state index contributed by atoms with van der Waals surface area (Å²) in [6, 6.07) is 9.91. The summed E-state index contributed by atoms with van der Waals surface area (Å²) >= 11 is 0. The molecule has 3 atom stereocenters. The van der Waals surface area contributed by atoms with Crippen LogP contribution in [0, 0.1) is 5.82 Å². The highest BCUT2D eigenvalue weighted by Crippen LogP contribution is 2.34. The highest BCUT2D eigenvalue weighted by molar-refractivity contribution is 5.80. The van der Waals surface area contributed by atoms with E-state index in [1.807, 2.05) is 6.07 Å². The maximum Gasteiger partial charge on any atom is 0.219 e. The van der Waals surface area contributed by atoms with E-state index in [2.05, 4.69) is 27.5 Å². The Bertz CT molecular complexity index is 810. The average molecular weight is 384 g/mol. The van der Waals surface area contributed by atoms with Gasteiger partial charge in [-0.15, -0.1) is 0 Å². The Balaban J connectivity index is 1.34. The van der Waals surface area contributed by atoms with Crippen LogP contribution in [0.3, 0.4) is 0 Å². The van der Waals surface area contributed by atoms with Gasteiger partial charge >= 0.3 is 0 Å². The molecule has 3 heterocycles. The van der Waals surface area contributed by atoms with Crippen molar-refractivity contribution < 1.29 is 13.9 Å². The number of benzene rings is 1. The van der Waals surface area contributed by atoms with E-state index >= 15 is 0 Å². The van der Waals surface area contributed by atoms with Crippen LogP contribution < -0.4 is 15.4 Å². The van der Waals surface area contributed by atoms with Gasteiger partial charge in [0.05, 0.1) is 24.8 Å². The number of halogens is 1. The summed E-state index contributed by atoms with van der Waals surface area (Å²) in [6.07, 6.45) is 5.80. The maximum atomic E-state index is 13.0. The molecule has 2 aliphatic rings. The molecule has 0 aliphatic carbocycles. The van der Waals surface area contributed by atoms with Gasteiger partial charge in [0, 0.05) is 18.8 Å². The van der Waals surface area contributed by atoms with Gasteiger partial charge < -0.3 is 20.1 Å². The molecule has 0 amide bonds. The Morgan fingerprint density at radius 2 is 2.11 bits per heavy atom. The highest BCUT2D eigenvalue weighted by Gasteiger charge is 2.41. The van der Waals surface area contributed by atoms with Gasteiger partial charge in [-0.2, -0.15) is 0 Å². The fourth-order valence-corrected chi connectivity index (χ4v) is 3.64. The van der Waals surface area contributed by atoms with E-state index in [-0.39, 0.29) is 5.82 Å². The number of guanidine groups is 1. The first-order chi connectivity index (χ1) is 13.7. The molecule has 0 spiro atoms. The molecule has 0 saturated carbocycles. The molecule has 1 aromatic heterocycles. The van der Waals surface area contributed by atoms with Crippen LogP contribution in [-0.2, 0) is 11.3 Å². The number of pyridine rings is 1. The lowest BCUT2D eigenvalue weighted by atomic mass is 9.96. The van der Waals surface area contributed by atoms with Crippen LogP contribution in [0.4, 0.5) is 4.39 Å². The number of ether oxygens (including phenoxy) is 2. The van der Waals surface area contributed by atoms with Crippen molar-refractivity contribution in [3.8, 4) is 11.6 Å². The fourth-order valence-electron chi connectivity index (χ4n) is 3.64. The molecule has 4 rings (SSSR count). The normalized spacial score (nSPS) is 23.6. The molecule has 2 aliphatic heterocycles. The van der Waals surface area contributed by atoms with Crippen LogP contribution in [0.2, 0.25) is 0 Å². The van der Waals surface area contributed by atoms with Gasteiger partial charge in [-0.25, -0.2) is 14.4 Å². The largest absolute Gasteiger partial charge is 0.439 e. The van der Waals surface area contributed by atoms with Crippen LogP contribution in [0.1, 0.15) is 31.7 Å². The summed E-state index contributed by atoms with van der Waals surface area (Å²) in [6.45, 7) is 3.37. The van der Waals surface area contributed by atoms with Crippen molar-refractivity contribution >= 4 is 5.96 Å². The molecule has 2 aromatic rings. The molecule has 6 nitrogen and oxygen atoms in total. The minimum atomic E-state index is -0.296. The van der Waals surface area contributed by atoms with Crippen LogP contribution in [0.15, 0.2) is 47.6 Å². The van der Waals surface area contributed by atoms with Gasteiger partial charge in [0.25, 0.3) is 0 Å². The van der Waals surface area contributed by atoms with E-state index in [1.165, 1.54) is 18.6 Å². The van der Waals surface area contributed by atoms with Crippen LogP contribution in [0.5, 0.6) is 11.6 Å². The van der Waals surface area contributed by atoms with Gasteiger partial charge in [-0.1, -0.05) is 6.07 Å². The van der Waals surface area contributed by atoms with Crippen molar-refractivity contribution in [3.05, 3.63) is 54.0 Å². The zero-order chi connectivity index (χ0) is 19.3. The number of aliphatic imine (C=N–C) groups is 1. The Kier molecular flexibility index (Phi) is 5.71. The zero-order valence-electron chi connectivity index (χ0n) is 15.9. The third kappa shape index (κ3) is 4.59. The summed E-state index contributed by atoms with van der Waals surface area (Å²) in [5.41, 5.74) is 0.979. The standard InChI is InChI=1S/C21H25FN4O2/c1-2-23-21(26-18-11-17-8-9-19(18)27-17)25-13-14-3-10-20(24-12-14)28-16-6-4-15(22)5-7-16/h3-7,10,12,17-19H,2,8-9,11,13H2,1H3,(H2,23,25,26). The predicted molar refractivity (Wildman–Crippen MR) is 105 cm³/mol. The van der Waals surface area contributed by atoms with E-state index in [0.29, 0.717) is 36.4 Å². The molecule has 2 N–H and O–H groups in total. The molecule has 148 valence electrons. The quantitative estimate of drug-likeness (QED) is 0.590. The lowest BCUT2D eigenvalue weighted by Crippen LogP contribution is -2.47. The third-order valence-corrected chi connectivity index (χ3v) is 5.03. The zero-order valence-corrected chi connectivity index (χ0v) is 15.9. The molecule has 0 radical (unpaired) electrons. The first-order valence-corrected chi connectivity index (χ1v) is 9.78. The van der Waals surface area contributed by atoms with Crippen molar-refractivity contribution in [1.82, 2.24) is 15.6 Å².